The Balaban J connectivity index is 2.18. The van der Waals surface area contributed by atoms with Crippen molar-refractivity contribution in [3.8, 4) is 0 Å². The molecule has 2 aliphatic rings. The summed E-state index contributed by atoms with van der Waals surface area (Å²) in [4.78, 5) is 26.0. The Kier molecular flexibility index (Phi) is 5.62. The molecule has 5 nitrogen and oxygen atoms in total. The van der Waals surface area contributed by atoms with E-state index < -0.39 is 5.97 Å². The van der Waals surface area contributed by atoms with E-state index in [4.69, 9.17) is 0 Å². The lowest BCUT2D eigenvalue weighted by molar-refractivity contribution is -0.153. The van der Waals surface area contributed by atoms with E-state index in [-0.39, 0.29) is 23.9 Å². The molecule has 1 unspecified atom stereocenters. The Bertz CT molecular complexity index is 366. The Morgan fingerprint density at radius 2 is 2.00 bits per heavy atom. The van der Waals surface area contributed by atoms with E-state index in [0.717, 1.165) is 57.9 Å². The maximum atomic E-state index is 13.2. The van der Waals surface area contributed by atoms with Crippen molar-refractivity contribution in [3.63, 3.8) is 0 Å². The summed E-state index contributed by atoms with van der Waals surface area (Å²) in [6.07, 6.45) is 7.80. The van der Waals surface area contributed by atoms with Crippen molar-refractivity contribution in [2.75, 3.05) is 19.6 Å². The van der Waals surface area contributed by atoms with Crippen LogP contribution in [-0.4, -0.2) is 47.6 Å². The molecule has 120 valence electrons. The van der Waals surface area contributed by atoms with Crippen LogP contribution in [0.1, 0.15) is 58.3 Å². The number of rotatable bonds is 6. The summed E-state index contributed by atoms with van der Waals surface area (Å²) in [5, 5.41) is 12.5. The van der Waals surface area contributed by atoms with Gasteiger partial charge in [0.15, 0.2) is 0 Å². The SMILES string of the molecule is CCCC1(C(=O)N(CC(=O)O)C2CCCC2)CCCNC1. The number of carboxylic acids is 1. The predicted octanol–water partition coefficient (Wildman–Crippen LogP) is 2.01. The lowest BCUT2D eigenvalue weighted by atomic mass is 9.75. The average Bonchev–Trinajstić information content (AvgIpc) is 2.99. The third-order valence-electron chi connectivity index (χ3n) is 4.99. The molecule has 0 radical (unpaired) electrons. The van der Waals surface area contributed by atoms with E-state index in [0.29, 0.717) is 6.54 Å². The smallest absolute Gasteiger partial charge is 0.323 e. The maximum Gasteiger partial charge on any atom is 0.323 e. The number of hydrogen-bond acceptors (Lipinski definition) is 3. The van der Waals surface area contributed by atoms with Crippen LogP contribution in [0.4, 0.5) is 0 Å². The van der Waals surface area contributed by atoms with Crippen LogP contribution in [0.15, 0.2) is 0 Å². The van der Waals surface area contributed by atoms with Crippen molar-refractivity contribution in [1.82, 2.24) is 10.2 Å². The number of aliphatic carboxylic acids is 1. The fraction of sp³-hybridized carbons (Fsp3) is 0.875. The predicted molar refractivity (Wildman–Crippen MR) is 81.0 cm³/mol. The van der Waals surface area contributed by atoms with Crippen LogP contribution in [0.2, 0.25) is 0 Å². The van der Waals surface area contributed by atoms with E-state index >= 15 is 0 Å². The van der Waals surface area contributed by atoms with Crippen LogP contribution in [0.5, 0.6) is 0 Å². The zero-order valence-corrected chi connectivity index (χ0v) is 13.1. The summed E-state index contributed by atoms with van der Waals surface area (Å²) in [5.74, 6) is -0.823. The summed E-state index contributed by atoms with van der Waals surface area (Å²) >= 11 is 0. The average molecular weight is 296 g/mol. The van der Waals surface area contributed by atoms with Crippen molar-refractivity contribution in [3.05, 3.63) is 0 Å². The number of carbonyl (C=O) groups is 2. The third kappa shape index (κ3) is 3.76. The molecule has 2 rings (SSSR count). The van der Waals surface area contributed by atoms with Crippen LogP contribution in [-0.2, 0) is 9.59 Å². The number of amides is 1. The number of hydrogen-bond donors (Lipinski definition) is 2. The van der Waals surface area contributed by atoms with Crippen molar-refractivity contribution >= 4 is 11.9 Å². The Labute approximate surface area is 127 Å². The second-order valence-corrected chi connectivity index (χ2v) is 6.58. The summed E-state index contributed by atoms with van der Waals surface area (Å²) in [6, 6.07) is 0.129. The van der Waals surface area contributed by atoms with Crippen molar-refractivity contribution in [1.29, 1.82) is 0 Å². The standard InChI is InChI=1S/C16H28N2O3/c1-2-8-16(9-5-10-17-12-16)15(21)18(11-14(19)20)13-6-3-4-7-13/h13,17H,2-12H2,1H3,(H,19,20). The van der Waals surface area contributed by atoms with E-state index in [2.05, 4.69) is 12.2 Å². The fourth-order valence-electron chi connectivity index (χ4n) is 3.98. The van der Waals surface area contributed by atoms with Gasteiger partial charge in [0, 0.05) is 12.6 Å². The topological polar surface area (TPSA) is 69.6 Å². The Morgan fingerprint density at radius 1 is 1.29 bits per heavy atom. The molecule has 2 N–H and O–H groups in total. The minimum absolute atomic E-state index is 0.0749. The first kappa shape index (κ1) is 16.3. The molecule has 0 bridgehead atoms. The fourth-order valence-corrected chi connectivity index (χ4v) is 3.98. The van der Waals surface area contributed by atoms with Crippen molar-refractivity contribution in [2.45, 2.75) is 64.3 Å². The maximum absolute atomic E-state index is 13.2. The summed E-state index contributed by atoms with van der Waals surface area (Å²) in [7, 11) is 0. The largest absolute Gasteiger partial charge is 0.480 e. The molecule has 0 aromatic heterocycles. The van der Waals surface area contributed by atoms with Gasteiger partial charge in [-0.15, -0.1) is 0 Å². The van der Waals surface area contributed by atoms with Crippen LogP contribution < -0.4 is 5.32 Å². The van der Waals surface area contributed by atoms with Gasteiger partial charge < -0.3 is 15.3 Å². The number of piperidine rings is 1. The third-order valence-corrected chi connectivity index (χ3v) is 4.99. The number of carbonyl (C=O) groups excluding carboxylic acids is 1. The monoisotopic (exact) mass is 296 g/mol. The number of nitrogens with zero attached hydrogens (tertiary/aromatic N) is 1. The van der Waals surface area contributed by atoms with Gasteiger partial charge in [-0.1, -0.05) is 26.2 Å². The van der Waals surface area contributed by atoms with E-state index in [1.807, 2.05) is 0 Å². The molecule has 1 heterocycles. The van der Waals surface area contributed by atoms with E-state index in [1.54, 1.807) is 4.90 Å². The number of nitrogens with one attached hydrogen (secondary N) is 1. The molecule has 0 aromatic carbocycles. The molecule has 1 amide bonds. The van der Waals surface area contributed by atoms with E-state index in [9.17, 15) is 14.7 Å². The first-order chi connectivity index (χ1) is 10.1. The van der Waals surface area contributed by atoms with Gasteiger partial charge in [-0.05, 0) is 38.6 Å². The zero-order valence-electron chi connectivity index (χ0n) is 13.1. The van der Waals surface area contributed by atoms with Gasteiger partial charge in [0.25, 0.3) is 0 Å². The summed E-state index contributed by atoms with van der Waals surface area (Å²) < 4.78 is 0. The molecule has 1 aliphatic heterocycles. The molecule has 0 aromatic rings. The van der Waals surface area contributed by atoms with Crippen LogP contribution in [0.3, 0.4) is 0 Å². The molecule has 1 saturated heterocycles. The molecule has 1 aliphatic carbocycles. The molecule has 0 spiro atoms. The highest BCUT2D eigenvalue weighted by molar-refractivity contribution is 5.86. The number of carboxylic acid groups (broad SMARTS) is 1. The van der Waals surface area contributed by atoms with Crippen LogP contribution in [0.25, 0.3) is 0 Å². The molecule has 5 heteroatoms. The van der Waals surface area contributed by atoms with E-state index in [1.165, 1.54) is 0 Å². The first-order valence-electron chi connectivity index (χ1n) is 8.32. The molecular formula is C16H28N2O3. The second kappa shape index (κ2) is 7.25. The minimum atomic E-state index is -0.898. The van der Waals surface area contributed by atoms with Gasteiger partial charge >= 0.3 is 5.97 Å². The van der Waals surface area contributed by atoms with Gasteiger partial charge in [0.1, 0.15) is 6.54 Å². The summed E-state index contributed by atoms with van der Waals surface area (Å²) in [6.45, 7) is 3.61. The first-order valence-corrected chi connectivity index (χ1v) is 8.32. The molecule has 1 saturated carbocycles. The second-order valence-electron chi connectivity index (χ2n) is 6.58. The normalized spacial score (nSPS) is 26.7. The molecule has 2 fully saturated rings. The Hall–Kier alpha value is -1.10. The van der Waals surface area contributed by atoms with Gasteiger partial charge in [0.05, 0.1) is 5.41 Å². The highest BCUT2D eigenvalue weighted by atomic mass is 16.4. The van der Waals surface area contributed by atoms with Crippen molar-refractivity contribution in [2.24, 2.45) is 5.41 Å². The van der Waals surface area contributed by atoms with Gasteiger partial charge in [0.2, 0.25) is 5.91 Å². The highest BCUT2D eigenvalue weighted by Crippen LogP contribution is 2.36. The van der Waals surface area contributed by atoms with Crippen molar-refractivity contribution < 1.29 is 14.7 Å². The zero-order chi connectivity index (χ0) is 15.3. The van der Waals surface area contributed by atoms with Gasteiger partial charge in [-0.3, -0.25) is 9.59 Å². The Morgan fingerprint density at radius 3 is 2.52 bits per heavy atom. The minimum Gasteiger partial charge on any atom is -0.480 e. The molecule has 1 atom stereocenters. The van der Waals surface area contributed by atoms with Gasteiger partial charge in [-0.2, -0.15) is 0 Å². The molecule has 21 heavy (non-hydrogen) atoms. The van der Waals surface area contributed by atoms with Crippen LogP contribution >= 0.6 is 0 Å². The van der Waals surface area contributed by atoms with Gasteiger partial charge in [-0.25, -0.2) is 0 Å². The quantitative estimate of drug-likeness (QED) is 0.786. The lowest BCUT2D eigenvalue weighted by Gasteiger charge is -2.41. The lowest BCUT2D eigenvalue weighted by Crippen LogP contribution is -2.55. The molecular weight excluding hydrogens is 268 g/mol. The van der Waals surface area contributed by atoms with Crippen LogP contribution in [0, 0.1) is 5.41 Å². The summed E-state index contributed by atoms with van der Waals surface area (Å²) in [5.41, 5.74) is -0.384. The highest BCUT2D eigenvalue weighted by Gasteiger charge is 2.43.